The van der Waals surface area contributed by atoms with E-state index in [0.29, 0.717) is 12.2 Å². The van der Waals surface area contributed by atoms with Crippen LogP contribution < -0.4 is 5.73 Å². The molecule has 84 valence electrons. The van der Waals surface area contributed by atoms with Crippen molar-refractivity contribution in [2.45, 2.75) is 13.0 Å². The Bertz CT molecular complexity index is 313. The molecule has 1 rings (SSSR count). The second-order valence-electron chi connectivity index (χ2n) is 2.82. The lowest BCUT2D eigenvalue weighted by atomic mass is 10.1. The molecular weight excluding hydrogens is 218 g/mol. The van der Waals surface area contributed by atoms with Crippen molar-refractivity contribution in [2.75, 3.05) is 6.61 Å². The maximum Gasteiger partial charge on any atom is 0.327 e. The number of rotatable bonds is 3. The van der Waals surface area contributed by atoms with E-state index in [9.17, 15) is 4.79 Å². The monoisotopic (exact) mass is 231 g/mol. The summed E-state index contributed by atoms with van der Waals surface area (Å²) in [5.41, 5.74) is 6.24. The molecule has 0 saturated carbocycles. The zero-order chi connectivity index (χ0) is 10.6. The molecule has 0 amide bonds. The number of halogens is 1. The third-order valence-corrected chi connectivity index (χ3v) is 1.79. The summed E-state index contributed by atoms with van der Waals surface area (Å²) >= 11 is 0. The molecule has 0 aromatic heterocycles. The maximum atomic E-state index is 11.2. The van der Waals surface area contributed by atoms with Crippen molar-refractivity contribution in [3.63, 3.8) is 0 Å². The first-order chi connectivity index (χ1) is 6.65. The van der Waals surface area contributed by atoms with Gasteiger partial charge in [0.2, 0.25) is 0 Å². The standard InChI is InChI=1S/C10H13NO3.ClH/c1-2-14-10(13)9(11)7-3-5-8(12)6-4-7;/h3-6,9,12H,2,11H2,1H3;1H. The van der Waals surface area contributed by atoms with E-state index in [2.05, 4.69) is 0 Å². The van der Waals surface area contributed by atoms with Gasteiger partial charge in [0.05, 0.1) is 6.61 Å². The van der Waals surface area contributed by atoms with E-state index in [1.807, 2.05) is 0 Å². The Hall–Kier alpha value is -1.26. The van der Waals surface area contributed by atoms with Crippen LogP contribution in [0.4, 0.5) is 0 Å². The van der Waals surface area contributed by atoms with Crippen LogP contribution in [0, 0.1) is 0 Å². The summed E-state index contributed by atoms with van der Waals surface area (Å²) in [5, 5.41) is 9.02. The molecule has 1 aromatic carbocycles. The summed E-state index contributed by atoms with van der Waals surface area (Å²) in [7, 11) is 0. The van der Waals surface area contributed by atoms with Crippen LogP contribution in [-0.4, -0.2) is 17.7 Å². The Labute approximate surface area is 94.5 Å². The minimum atomic E-state index is -0.782. The molecule has 0 aliphatic carbocycles. The molecule has 0 bridgehead atoms. The number of phenolic OH excluding ortho intramolecular Hbond substituents is 1. The summed E-state index contributed by atoms with van der Waals surface area (Å²) in [5.74, 6) is -0.317. The summed E-state index contributed by atoms with van der Waals surface area (Å²) in [6, 6.07) is 5.37. The van der Waals surface area contributed by atoms with Crippen LogP contribution in [0.15, 0.2) is 24.3 Å². The predicted octanol–water partition coefficient (Wildman–Crippen LogP) is 1.38. The number of phenols is 1. The normalized spacial score (nSPS) is 11.3. The summed E-state index contributed by atoms with van der Waals surface area (Å²) in [4.78, 5) is 11.2. The topological polar surface area (TPSA) is 72.5 Å². The van der Waals surface area contributed by atoms with Gasteiger partial charge in [-0.15, -0.1) is 12.4 Å². The fourth-order valence-corrected chi connectivity index (χ4v) is 1.05. The van der Waals surface area contributed by atoms with Gasteiger partial charge in [0.1, 0.15) is 11.8 Å². The maximum absolute atomic E-state index is 11.2. The Morgan fingerprint density at radius 2 is 2.00 bits per heavy atom. The van der Waals surface area contributed by atoms with Gasteiger partial charge in [0.15, 0.2) is 0 Å². The molecular formula is C10H14ClNO3. The van der Waals surface area contributed by atoms with Crippen molar-refractivity contribution < 1.29 is 14.6 Å². The first kappa shape index (κ1) is 13.7. The van der Waals surface area contributed by atoms with Gasteiger partial charge in [-0.3, -0.25) is 0 Å². The SMILES string of the molecule is CCOC(=O)C(N)c1ccc(O)cc1.Cl. The molecule has 1 unspecified atom stereocenters. The van der Waals surface area contributed by atoms with Crippen LogP contribution >= 0.6 is 12.4 Å². The van der Waals surface area contributed by atoms with E-state index in [1.54, 1.807) is 19.1 Å². The zero-order valence-corrected chi connectivity index (χ0v) is 9.16. The molecule has 1 aromatic rings. The summed E-state index contributed by atoms with van der Waals surface area (Å²) in [6.45, 7) is 2.03. The Kier molecular flexibility index (Phi) is 5.74. The van der Waals surface area contributed by atoms with Gasteiger partial charge < -0.3 is 15.6 Å². The van der Waals surface area contributed by atoms with Crippen LogP contribution in [0.5, 0.6) is 5.75 Å². The van der Waals surface area contributed by atoms with Gasteiger partial charge in [-0.25, -0.2) is 4.79 Å². The number of hydrogen-bond acceptors (Lipinski definition) is 4. The van der Waals surface area contributed by atoms with E-state index >= 15 is 0 Å². The van der Waals surface area contributed by atoms with E-state index in [-0.39, 0.29) is 18.2 Å². The fourth-order valence-electron chi connectivity index (χ4n) is 1.05. The minimum absolute atomic E-state index is 0. The number of carbonyl (C=O) groups is 1. The van der Waals surface area contributed by atoms with E-state index in [1.165, 1.54) is 12.1 Å². The molecule has 0 fully saturated rings. The van der Waals surface area contributed by atoms with Gasteiger partial charge >= 0.3 is 5.97 Å². The molecule has 4 nitrogen and oxygen atoms in total. The fraction of sp³-hybridized carbons (Fsp3) is 0.300. The highest BCUT2D eigenvalue weighted by atomic mass is 35.5. The van der Waals surface area contributed by atoms with Crippen LogP contribution in [0.3, 0.4) is 0 Å². The Morgan fingerprint density at radius 1 is 1.47 bits per heavy atom. The second-order valence-corrected chi connectivity index (χ2v) is 2.82. The van der Waals surface area contributed by atoms with Crippen LogP contribution in [0.1, 0.15) is 18.5 Å². The molecule has 15 heavy (non-hydrogen) atoms. The van der Waals surface area contributed by atoms with Crippen molar-refractivity contribution in [3.05, 3.63) is 29.8 Å². The molecule has 5 heteroatoms. The molecule has 1 atom stereocenters. The molecule has 0 heterocycles. The molecule has 0 aliphatic heterocycles. The molecule has 0 aliphatic rings. The number of ether oxygens (including phenoxy) is 1. The lowest BCUT2D eigenvalue weighted by Gasteiger charge is -2.10. The van der Waals surface area contributed by atoms with Crippen LogP contribution in [0.25, 0.3) is 0 Å². The van der Waals surface area contributed by atoms with Crippen molar-refractivity contribution in [1.82, 2.24) is 0 Å². The number of carbonyl (C=O) groups excluding carboxylic acids is 1. The first-order valence-electron chi connectivity index (χ1n) is 4.36. The number of benzene rings is 1. The van der Waals surface area contributed by atoms with E-state index in [0.717, 1.165) is 0 Å². The van der Waals surface area contributed by atoms with E-state index < -0.39 is 12.0 Å². The predicted molar refractivity (Wildman–Crippen MR) is 58.9 cm³/mol. The third-order valence-electron chi connectivity index (χ3n) is 1.79. The van der Waals surface area contributed by atoms with Gasteiger partial charge in [0, 0.05) is 0 Å². The van der Waals surface area contributed by atoms with Crippen molar-refractivity contribution >= 4 is 18.4 Å². The largest absolute Gasteiger partial charge is 0.508 e. The molecule has 0 saturated heterocycles. The average Bonchev–Trinajstić information content (AvgIpc) is 2.18. The Balaban J connectivity index is 0.00000196. The van der Waals surface area contributed by atoms with Gasteiger partial charge in [-0.1, -0.05) is 12.1 Å². The second kappa shape index (κ2) is 6.27. The third kappa shape index (κ3) is 3.77. The zero-order valence-electron chi connectivity index (χ0n) is 8.34. The number of esters is 1. The summed E-state index contributed by atoms with van der Waals surface area (Å²) in [6.07, 6.45) is 0. The molecule has 0 radical (unpaired) electrons. The number of aromatic hydroxyl groups is 1. The smallest absolute Gasteiger partial charge is 0.327 e. The number of nitrogens with two attached hydrogens (primary N) is 1. The lowest BCUT2D eigenvalue weighted by Crippen LogP contribution is -2.23. The average molecular weight is 232 g/mol. The van der Waals surface area contributed by atoms with Crippen LogP contribution in [0.2, 0.25) is 0 Å². The quantitative estimate of drug-likeness (QED) is 0.771. The highest BCUT2D eigenvalue weighted by Crippen LogP contribution is 2.15. The van der Waals surface area contributed by atoms with Crippen LogP contribution in [-0.2, 0) is 9.53 Å². The summed E-state index contributed by atoms with van der Waals surface area (Å²) < 4.78 is 4.76. The highest BCUT2D eigenvalue weighted by Gasteiger charge is 2.16. The molecule has 0 spiro atoms. The van der Waals surface area contributed by atoms with E-state index in [4.69, 9.17) is 15.6 Å². The Morgan fingerprint density at radius 3 is 2.47 bits per heavy atom. The van der Waals surface area contributed by atoms with Crippen molar-refractivity contribution in [1.29, 1.82) is 0 Å². The molecule has 3 N–H and O–H groups in total. The van der Waals surface area contributed by atoms with Gasteiger partial charge in [-0.05, 0) is 24.6 Å². The van der Waals surface area contributed by atoms with Crippen molar-refractivity contribution in [3.8, 4) is 5.75 Å². The minimum Gasteiger partial charge on any atom is -0.508 e. The van der Waals surface area contributed by atoms with Gasteiger partial charge in [-0.2, -0.15) is 0 Å². The van der Waals surface area contributed by atoms with Gasteiger partial charge in [0.25, 0.3) is 0 Å². The first-order valence-corrected chi connectivity index (χ1v) is 4.36. The number of hydrogen-bond donors (Lipinski definition) is 2. The van der Waals surface area contributed by atoms with Crippen molar-refractivity contribution in [2.24, 2.45) is 5.73 Å². The lowest BCUT2D eigenvalue weighted by molar-refractivity contribution is -0.144. The highest BCUT2D eigenvalue weighted by molar-refractivity contribution is 5.85.